The Morgan fingerprint density at radius 3 is 2.58 bits per heavy atom. The highest BCUT2D eigenvalue weighted by Crippen LogP contribution is 2.31. The summed E-state index contributed by atoms with van der Waals surface area (Å²) >= 11 is 2.14. The summed E-state index contributed by atoms with van der Waals surface area (Å²) < 4.78 is 41.0. The fourth-order valence-corrected chi connectivity index (χ4v) is 3.32. The van der Waals surface area contributed by atoms with Crippen molar-refractivity contribution in [2.24, 2.45) is 7.05 Å². The summed E-state index contributed by atoms with van der Waals surface area (Å²) in [5.74, 6) is -0.441. The van der Waals surface area contributed by atoms with Crippen LogP contribution in [0.1, 0.15) is 15.9 Å². The molecule has 0 radical (unpaired) electrons. The van der Waals surface area contributed by atoms with Gasteiger partial charge in [0.05, 0.1) is 11.1 Å². The molecule has 3 rings (SSSR count). The van der Waals surface area contributed by atoms with Crippen molar-refractivity contribution in [3.8, 4) is 0 Å². The number of nitrogens with zero attached hydrogens (tertiary/aromatic N) is 1. The van der Waals surface area contributed by atoms with Crippen LogP contribution in [0, 0.1) is 3.57 Å². The molecule has 24 heavy (non-hydrogen) atoms. The van der Waals surface area contributed by atoms with Gasteiger partial charge in [-0.25, -0.2) is 0 Å². The van der Waals surface area contributed by atoms with E-state index in [0.717, 1.165) is 26.6 Å². The maximum Gasteiger partial charge on any atom is 0.416 e. The molecule has 124 valence electrons. The number of anilines is 1. The summed E-state index contributed by atoms with van der Waals surface area (Å²) in [4.78, 5) is 12.5. The van der Waals surface area contributed by atoms with Crippen molar-refractivity contribution in [1.29, 1.82) is 0 Å². The third-order valence-corrected chi connectivity index (χ3v) is 4.56. The molecule has 1 heterocycles. The van der Waals surface area contributed by atoms with E-state index in [1.165, 1.54) is 12.1 Å². The van der Waals surface area contributed by atoms with E-state index < -0.39 is 17.6 Å². The second-order valence-corrected chi connectivity index (χ2v) is 6.48. The summed E-state index contributed by atoms with van der Waals surface area (Å²) in [6.45, 7) is 0. The highest BCUT2D eigenvalue weighted by atomic mass is 127. The average molecular weight is 444 g/mol. The number of carbonyl (C=O) groups excluding carboxylic acids is 1. The number of hydrogen-bond donors (Lipinski definition) is 1. The van der Waals surface area contributed by atoms with E-state index in [9.17, 15) is 18.0 Å². The molecule has 3 aromatic rings. The van der Waals surface area contributed by atoms with E-state index in [0.29, 0.717) is 5.56 Å². The van der Waals surface area contributed by atoms with Gasteiger partial charge in [0.25, 0.3) is 5.91 Å². The SMILES string of the molecule is Cn1cc(C(=O)Nc2cccc(C(F)(F)F)c2)c2c(I)cccc21. The third-order valence-electron chi connectivity index (χ3n) is 3.66. The molecule has 1 N–H and O–H groups in total. The molecule has 2 aromatic carbocycles. The Morgan fingerprint density at radius 2 is 1.88 bits per heavy atom. The molecule has 0 bridgehead atoms. The minimum Gasteiger partial charge on any atom is -0.350 e. The second kappa shape index (κ2) is 6.12. The van der Waals surface area contributed by atoms with Crippen LogP contribution in [-0.2, 0) is 13.2 Å². The summed E-state index contributed by atoms with van der Waals surface area (Å²) in [7, 11) is 1.82. The van der Waals surface area contributed by atoms with Crippen molar-refractivity contribution in [2.45, 2.75) is 6.18 Å². The molecule has 7 heteroatoms. The number of aryl methyl sites for hydroxylation is 1. The molecule has 0 aliphatic heterocycles. The molecule has 3 nitrogen and oxygen atoms in total. The lowest BCUT2D eigenvalue weighted by Gasteiger charge is -2.09. The minimum absolute atomic E-state index is 0.109. The zero-order valence-electron chi connectivity index (χ0n) is 12.5. The van der Waals surface area contributed by atoms with Crippen molar-refractivity contribution in [3.05, 3.63) is 63.4 Å². The fraction of sp³-hybridized carbons (Fsp3) is 0.118. The van der Waals surface area contributed by atoms with E-state index in [4.69, 9.17) is 0 Å². The Labute approximate surface area is 149 Å². The van der Waals surface area contributed by atoms with Crippen LogP contribution >= 0.6 is 22.6 Å². The maximum absolute atomic E-state index is 12.8. The van der Waals surface area contributed by atoms with Crippen LogP contribution in [0.3, 0.4) is 0 Å². The number of benzene rings is 2. The second-order valence-electron chi connectivity index (χ2n) is 5.32. The van der Waals surface area contributed by atoms with Gasteiger partial charge in [0.2, 0.25) is 0 Å². The number of amides is 1. The quantitative estimate of drug-likeness (QED) is 0.552. The Bertz CT molecular complexity index is 931. The molecule has 1 amide bonds. The van der Waals surface area contributed by atoms with Gasteiger partial charge in [0.15, 0.2) is 0 Å². The summed E-state index contributed by atoms with van der Waals surface area (Å²) in [6, 6.07) is 10.3. The van der Waals surface area contributed by atoms with Gasteiger partial charge in [-0.1, -0.05) is 12.1 Å². The normalized spacial score (nSPS) is 11.7. The van der Waals surface area contributed by atoms with Crippen LogP contribution in [0.15, 0.2) is 48.7 Å². The van der Waals surface area contributed by atoms with Crippen molar-refractivity contribution < 1.29 is 18.0 Å². The highest BCUT2D eigenvalue weighted by Gasteiger charge is 2.30. The van der Waals surface area contributed by atoms with E-state index in [2.05, 4.69) is 27.9 Å². The maximum atomic E-state index is 12.8. The van der Waals surface area contributed by atoms with Gasteiger partial charge in [-0.05, 0) is 52.9 Å². The number of carbonyl (C=O) groups is 1. The van der Waals surface area contributed by atoms with Crippen molar-refractivity contribution in [1.82, 2.24) is 4.57 Å². The molecule has 0 aliphatic carbocycles. The predicted molar refractivity (Wildman–Crippen MR) is 95.0 cm³/mol. The standard InChI is InChI=1S/C17H12F3IN2O/c1-23-9-12(15-13(21)6-3-7-14(15)23)16(24)22-11-5-2-4-10(8-11)17(18,19)20/h2-9H,1H3,(H,22,24). The van der Waals surface area contributed by atoms with Gasteiger partial charge in [-0.2, -0.15) is 13.2 Å². The fourth-order valence-electron chi connectivity index (χ4n) is 2.54. The molecule has 0 atom stereocenters. The Hall–Kier alpha value is -2.03. The predicted octanol–water partition coefficient (Wildman–Crippen LogP) is 5.05. The van der Waals surface area contributed by atoms with E-state index in [1.807, 2.05) is 29.8 Å². The van der Waals surface area contributed by atoms with Gasteiger partial charge in [0.1, 0.15) is 0 Å². The number of nitrogens with one attached hydrogen (secondary N) is 1. The first kappa shape index (κ1) is 16.8. The van der Waals surface area contributed by atoms with Crippen molar-refractivity contribution in [3.63, 3.8) is 0 Å². The van der Waals surface area contributed by atoms with Crippen LogP contribution in [0.2, 0.25) is 0 Å². The molecule has 1 aromatic heterocycles. The summed E-state index contributed by atoms with van der Waals surface area (Å²) in [5.41, 5.74) is 0.622. The lowest BCUT2D eigenvalue weighted by molar-refractivity contribution is -0.137. The Balaban J connectivity index is 1.97. The first-order chi connectivity index (χ1) is 11.3. The van der Waals surface area contributed by atoms with Crippen molar-refractivity contribution in [2.75, 3.05) is 5.32 Å². The summed E-state index contributed by atoms with van der Waals surface area (Å²) in [6.07, 6.45) is -2.77. The molecule has 0 aliphatic rings. The van der Waals surface area contributed by atoms with Crippen LogP contribution in [0.4, 0.5) is 18.9 Å². The number of rotatable bonds is 2. The van der Waals surface area contributed by atoms with E-state index in [1.54, 1.807) is 6.20 Å². The molecule has 0 saturated heterocycles. The van der Waals surface area contributed by atoms with Gasteiger partial charge in [0, 0.05) is 33.4 Å². The van der Waals surface area contributed by atoms with Gasteiger partial charge in [-0.15, -0.1) is 0 Å². The average Bonchev–Trinajstić information content (AvgIpc) is 2.86. The lowest BCUT2D eigenvalue weighted by atomic mass is 10.1. The van der Waals surface area contributed by atoms with Crippen molar-refractivity contribution >= 4 is 45.1 Å². The highest BCUT2D eigenvalue weighted by molar-refractivity contribution is 14.1. The monoisotopic (exact) mass is 444 g/mol. The molecule has 0 spiro atoms. The van der Waals surface area contributed by atoms with E-state index in [-0.39, 0.29) is 5.69 Å². The lowest BCUT2D eigenvalue weighted by Crippen LogP contribution is -2.13. The third kappa shape index (κ3) is 3.12. The number of aromatic nitrogens is 1. The number of fused-ring (bicyclic) bond motifs is 1. The molecule has 0 saturated carbocycles. The number of hydrogen-bond acceptors (Lipinski definition) is 1. The largest absolute Gasteiger partial charge is 0.416 e. The molecular formula is C17H12F3IN2O. The zero-order chi connectivity index (χ0) is 17.5. The Morgan fingerprint density at radius 1 is 1.17 bits per heavy atom. The van der Waals surface area contributed by atoms with E-state index >= 15 is 0 Å². The van der Waals surface area contributed by atoms with Gasteiger partial charge >= 0.3 is 6.18 Å². The minimum atomic E-state index is -4.45. The van der Waals surface area contributed by atoms with Gasteiger partial charge in [-0.3, -0.25) is 4.79 Å². The summed E-state index contributed by atoms with van der Waals surface area (Å²) in [5, 5.41) is 3.33. The zero-order valence-corrected chi connectivity index (χ0v) is 14.6. The molecule has 0 unspecified atom stereocenters. The molecule has 0 fully saturated rings. The van der Waals surface area contributed by atoms with Crippen LogP contribution < -0.4 is 5.32 Å². The topological polar surface area (TPSA) is 34.0 Å². The first-order valence-electron chi connectivity index (χ1n) is 6.99. The molecular weight excluding hydrogens is 432 g/mol. The first-order valence-corrected chi connectivity index (χ1v) is 8.07. The smallest absolute Gasteiger partial charge is 0.350 e. The van der Waals surface area contributed by atoms with Crippen LogP contribution in [0.25, 0.3) is 10.9 Å². The Kier molecular flexibility index (Phi) is 4.29. The van der Waals surface area contributed by atoms with Gasteiger partial charge < -0.3 is 9.88 Å². The van der Waals surface area contributed by atoms with Crippen LogP contribution in [-0.4, -0.2) is 10.5 Å². The van der Waals surface area contributed by atoms with Crippen LogP contribution in [0.5, 0.6) is 0 Å². The number of halogens is 4. The number of alkyl halides is 3.